The topological polar surface area (TPSA) is 49.3 Å². The van der Waals surface area contributed by atoms with E-state index in [1.54, 1.807) is 12.1 Å². The monoisotopic (exact) mass is 279 g/mol. The molecular formula is C18H17NO2. The first-order valence-electron chi connectivity index (χ1n) is 6.68. The number of aliphatic hydroxyl groups excluding tert-OH is 1. The fraction of sp³-hybridized carbons (Fsp3) is 0.167. The van der Waals surface area contributed by atoms with Gasteiger partial charge in [0, 0.05) is 16.8 Å². The number of aliphatic hydroxyl groups is 1. The van der Waals surface area contributed by atoms with Gasteiger partial charge in [-0.1, -0.05) is 35.6 Å². The molecule has 0 saturated carbocycles. The summed E-state index contributed by atoms with van der Waals surface area (Å²) in [5.74, 6) is 5.34. The zero-order valence-electron chi connectivity index (χ0n) is 12.1. The van der Waals surface area contributed by atoms with Crippen LogP contribution in [-0.4, -0.2) is 17.6 Å². The van der Waals surface area contributed by atoms with Gasteiger partial charge < -0.3 is 10.4 Å². The van der Waals surface area contributed by atoms with Crippen LogP contribution in [0.15, 0.2) is 42.5 Å². The minimum Gasteiger partial charge on any atom is -0.384 e. The number of anilines is 1. The Bertz CT molecular complexity index is 706. The van der Waals surface area contributed by atoms with Crippen molar-refractivity contribution in [3.63, 3.8) is 0 Å². The standard InChI is InChI=1S/C18H17NO2/c1-13-5-8-15(9-6-13)18(21)19-17-10-7-14(2)16(12-17)4-3-11-20/h5-10,12,20H,11H2,1-2H3,(H,19,21). The highest BCUT2D eigenvalue weighted by Gasteiger charge is 2.06. The van der Waals surface area contributed by atoms with Crippen LogP contribution >= 0.6 is 0 Å². The van der Waals surface area contributed by atoms with Crippen LogP contribution in [0.25, 0.3) is 0 Å². The van der Waals surface area contributed by atoms with Crippen molar-refractivity contribution in [3.8, 4) is 11.8 Å². The summed E-state index contributed by atoms with van der Waals surface area (Å²) in [6.45, 7) is 3.74. The average molecular weight is 279 g/mol. The molecule has 21 heavy (non-hydrogen) atoms. The van der Waals surface area contributed by atoms with Crippen LogP contribution in [0.3, 0.4) is 0 Å². The molecule has 0 radical (unpaired) electrons. The van der Waals surface area contributed by atoms with Crippen LogP contribution in [0, 0.1) is 25.7 Å². The van der Waals surface area contributed by atoms with Crippen LogP contribution in [0.4, 0.5) is 5.69 Å². The summed E-state index contributed by atoms with van der Waals surface area (Å²) < 4.78 is 0. The van der Waals surface area contributed by atoms with Crippen molar-refractivity contribution < 1.29 is 9.90 Å². The Hall–Kier alpha value is -2.57. The van der Waals surface area contributed by atoms with Crippen molar-refractivity contribution in [2.75, 3.05) is 11.9 Å². The second-order valence-electron chi connectivity index (χ2n) is 4.81. The maximum absolute atomic E-state index is 12.1. The summed E-state index contributed by atoms with van der Waals surface area (Å²) in [5.41, 5.74) is 4.22. The van der Waals surface area contributed by atoms with E-state index >= 15 is 0 Å². The Labute approximate surface area is 124 Å². The molecule has 0 bridgehead atoms. The van der Waals surface area contributed by atoms with Crippen molar-refractivity contribution in [1.82, 2.24) is 0 Å². The number of hydrogen-bond acceptors (Lipinski definition) is 2. The second-order valence-corrected chi connectivity index (χ2v) is 4.81. The average Bonchev–Trinajstić information content (AvgIpc) is 2.48. The predicted molar refractivity (Wildman–Crippen MR) is 84.3 cm³/mol. The van der Waals surface area contributed by atoms with Gasteiger partial charge in [0.05, 0.1) is 0 Å². The molecule has 1 amide bonds. The lowest BCUT2D eigenvalue weighted by molar-refractivity contribution is 0.102. The Kier molecular flexibility index (Phi) is 4.76. The lowest BCUT2D eigenvalue weighted by Crippen LogP contribution is -2.11. The highest BCUT2D eigenvalue weighted by Crippen LogP contribution is 2.15. The van der Waals surface area contributed by atoms with Gasteiger partial charge in [0.2, 0.25) is 0 Å². The fourth-order valence-corrected chi connectivity index (χ4v) is 1.88. The Morgan fingerprint density at radius 1 is 1.14 bits per heavy atom. The first-order chi connectivity index (χ1) is 10.1. The third kappa shape index (κ3) is 3.95. The number of carbonyl (C=O) groups excluding carboxylic acids is 1. The van der Waals surface area contributed by atoms with E-state index in [9.17, 15) is 4.79 Å². The molecule has 0 saturated heterocycles. The van der Waals surface area contributed by atoms with Crippen LogP contribution in [0.2, 0.25) is 0 Å². The molecule has 0 aliphatic carbocycles. The summed E-state index contributed by atoms with van der Waals surface area (Å²) in [6, 6.07) is 12.9. The third-order valence-corrected chi connectivity index (χ3v) is 3.11. The molecule has 3 heteroatoms. The number of amides is 1. The number of hydrogen-bond donors (Lipinski definition) is 2. The molecule has 3 nitrogen and oxygen atoms in total. The first-order valence-corrected chi connectivity index (χ1v) is 6.68. The highest BCUT2D eigenvalue weighted by molar-refractivity contribution is 6.04. The Balaban J connectivity index is 2.19. The van der Waals surface area contributed by atoms with Gasteiger partial charge in [-0.3, -0.25) is 4.79 Å². The molecular weight excluding hydrogens is 262 g/mol. The van der Waals surface area contributed by atoms with Crippen molar-refractivity contribution >= 4 is 11.6 Å². The molecule has 2 aromatic rings. The molecule has 0 atom stereocenters. The van der Waals surface area contributed by atoms with Crippen LogP contribution in [0.5, 0.6) is 0 Å². The molecule has 0 unspecified atom stereocenters. The van der Waals surface area contributed by atoms with Gasteiger partial charge in [0.25, 0.3) is 5.91 Å². The summed E-state index contributed by atoms with van der Waals surface area (Å²) in [6.07, 6.45) is 0. The minimum atomic E-state index is -0.181. The van der Waals surface area contributed by atoms with Crippen LogP contribution < -0.4 is 5.32 Å². The summed E-state index contributed by atoms with van der Waals surface area (Å²) >= 11 is 0. The van der Waals surface area contributed by atoms with E-state index in [-0.39, 0.29) is 12.5 Å². The van der Waals surface area contributed by atoms with E-state index in [4.69, 9.17) is 5.11 Å². The first kappa shape index (κ1) is 14.8. The quantitative estimate of drug-likeness (QED) is 0.830. The van der Waals surface area contributed by atoms with E-state index in [0.29, 0.717) is 11.3 Å². The van der Waals surface area contributed by atoms with Gasteiger partial charge in [0.15, 0.2) is 0 Å². The zero-order chi connectivity index (χ0) is 15.2. The van der Waals surface area contributed by atoms with Gasteiger partial charge in [-0.05, 0) is 43.7 Å². The molecule has 2 N–H and O–H groups in total. The van der Waals surface area contributed by atoms with Crippen molar-refractivity contribution in [2.24, 2.45) is 0 Å². The normalized spacial score (nSPS) is 9.67. The maximum atomic E-state index is 12.1. The summed E-state index contributed by atoms with van der Waals surface area (Å²) in [7, 11) is 0. The van der Waals surface area contributed by atoms with Gasteiger partial charge in [-0.2, -0.15) is 0 Å². The summed E-state index contributed by atoms with van der Waals surface area (Å²) in [5, 5.41) is 11.6. The van der Waals surface area contributed by atoms with Crippen LogP contribution in [-0.2, 0) is 0 Å². The number of rotatable bonds is 2. The third-order valence-electron chi connectivity index (χ3n) is 3.11. The molecule has 2 aromatic carbocycles. The van der Waals surface area contributed by atoms with Gasteiger partial charge in [-0.25, -0.2) is 0 Å². The maximum Gasteiger partial charge on any atom is 0.255 e. The number of nitrogens with one attached hydrogen (secondary N) is 1. The van der Waals surface area contributed by atoms with E-state index in [1.165, 1.54) is 0 Å². The fourth-order valence-electron chi connectivity index (χ4n) is 1.88. The van der Waals surface area contributed by atoms with Gasteiger partial charge in [-0.15, -0.1) is 0 Å². The molecule has 0 aliphatic heterocycles. The smallest absolute Gasteiger partial charge is 0.255 e. The minimum absolute atomic E-state index is 0.153. The van der Waals surface area contributed by atoms with E-state index in [0.717, 1.165) is 16.7 Å². The van der Waals surface area contributed by atoms with Crippen LogP contribution in [0.1, 0.15) is 27.0 Å². The molecule has 0 fully saturated rings. The number of benzene rings is 2. The zero-order valence-corrected chi connectivity index (χ0v) is 12.1. The molecule has 0 heterocycles. The summed E-state index contributed by atoms with van der Waals surface area (Å²) in [4.78, 5) is 12.1. The Morgan fingerprint density at radius 2 is 1.86 bits per heavy atom. The van der Waals surface area contributed by atoms with E-state index < -0.39 is 0 Å². The molecule has 0 aliphatic rings. The molecule has 106 valence electrons. The second kappa shape index (κ2) is 6.74. The number of carbonyl (C=O) groups is 1. The van der Waals surface area contributed by atoms with E-state index in [2.05, 4.69) is 17.2 Å². The molecule has 0 spiro atoms. The van der Waals surface area contributed by atoms with Crippen molar-refractivity contribution in [1.29, 1.82) is 0 Å². The predicted octanol–water partition coefficient (Wildman–Crippen LogP) is 2.90. The largest absolute Gasteiger partial charge is 0.384 e. The highest BCUT2D eigenvalue weighted by atomic mass is 16.2. The van der Waals surface area contributed by atoms with Gasteiger partial charge >= 0.3 is 0 Å². The van der Waals surface area contributed by atoms with Gasteiger partial charge in [0.1, 0.15) is 6.61 Å². The van der Waals surface area contributed by atoms with E-state index in [1.807, 2.05) is 44.2 Å². The Morgan fingerprint density at radius 3 is 2.52 bits per heavy atom. The molecule has 2 rings (SSSR count). The number of aryl methyl sites for hydroxylation is 2. The molecule has 0 aromatic heterocycles. The lowest BCUT2D eigenvalue weighted by Gasteiger charge is -2.07. The van der Waals surface area contributed by atoms with Crippen molar-refractivity contribution in [2.45, 2.75) is 13.8 Å². The van der Waals surface area contributed by atoms with Crippen molar-refractivity contribution in [3.05, 3.63) is 64.7 Å². The SMILES string of the molecule is Cc1ccc(C(=O)Nc2ccc(C)c(C#CCO)c2)cc1. The lowest BCUT2D eigenvalue weighted by atomic mass is 10.1.